The lowest BCUT2D eigenvalue weighted by molar-refractivity contribution is -0.139. The van der Waals surface area contributed by atoms with Gasteiger partial charge in [0.25, 0.3) is 0 Å². The summed E-state index contributed by atoms with van der Waals surface area (Å²) in [7, 11) is 0. The second kappa shape index (κ2) is 3.62. The molecular formula is C13H17NO. The molecule has 15 heavy (non-hydrogen) atoms. The van der Waals surface area contributed by atoms with Crippen LogP contribution in [0.25, 0.3) is 0 Å². The summed E-state index contributed by atoms with van der Waals surface area (Å²) in [4.78, 5) is 2.60. The predicted molar refractivity (Wildman–Crippen MR) is 59.7 cm³/mol. The zero-order valence-corrected chi connectivity index (χ0v) is 8.98. The second-order valence-electron chi connectivity index (χ2n) is 4.58. The van der Waals surface area contributed by atoms with Crippen molar-refractivity contribution in [3.63, 3.8) is 0 Å². The molecule has 1 aromatic rings. The third kappa shape index (κ3) is 1.40. The molecule has 0 aromatic heterocycles. The van der Waals surface area contributed by atoms with E-state index in [1.807, 2.05) is 0 Å². The monoisotopic (exact) mass is 203 g/mol. The van der Waals surface area contributed by atoms with Gasteiger partial charge in [-0.1, -0.05) is 30.3 Å². The van der Waals surface area contributed by atoms with Crippen molar-refractivity contribution in [2.75, 3.05) is 26.3 Å². The van der Waals surface area contributed by atoms with Crippen molar-refractivity contribution in [2.45, 2.75) is 18.4 Å². The molecule has 0 radical (unpaired) electrons. The maximum Gasteiger partial charge on any atom is 0.0933 e. The molecule has 0 amide bonds. The van der Waals surface area contributed by atoms with E-state index in [1.165, 1.54) is 31.5 Å². The molecule has 0 saturated carbocycles. The summed E-state index contributed by atoms with van der Waals surface area (Å²) in [5.74, 6) is 0. The molecule has 80 valence electrons. The van der Waals surface area contributed by atoms with Crippen molar-refractivity contribution in [2.24, 2.45) is 0 Å². The number of rotatable bonds is 2. The molecule has 0 unspecified atom stereocenters. The highest BCUT2D eigenvalue weighted by Crippen LogP contribution is 2.37. The molecule has 2 heteroatoms. The van der Waals surface area contributed by atoms with Crippen LogP contribution in [-0.4, -0.2) is 31.2 Å². The Bertz CT molecular complexity index is 326. The largest absolute Gasteiger partial charge is 0.377 e. The van der Waals surface area contributed by atoms with Crippen molar-refractivity contribution < 1.29 is 4.74 Å². The fraction of sp³-hybridized carbons (Fsp3) is 0.538. The summed E-state index contributed by atoms with van der Waals surface area (Å²) in [6.07, 6.45) is 2.68. The molecule has 2 heterocycles. The fourth-order valence-corrected chi connectivity index (χ4v) is 2.72. The van der Waals surface area contributed by atoms with E-state index in [2.05, 4.69) is 35.2 Å². The van der Waals surface area contributed by atoms with Crippen LogP contribution in [0.2, 0.25) is 0 Å². The Morgan fingerprint density at radius 2 is 1.67 bits per heavy atom. The summed E-state index contributed by atoms with van der Waals surface area (Å²) in [5.41, 5.74) is 1.63. The lowest BCUT2D eigenvalue weighted by atomic mass is 9.86. The van der Waals surface area contributed by atoms with Gasteiger partial charge in [0.1, 0.15) is 0 Å². The normalized spacial score (nSPS) is 25.1. The molecule has 2 saturated heterocycles. The highest BCUT2D eigenvalue weighted by atomic mass is 16.5. The molecule has 0 N–H and O–H groups in total. The third-order valence-corrected chi connectivity index (χ3v) is 3.70. The fourth-order valence-electron chi connectivity index (χ4n) is 2.72. The minimum atomic E-state index is 0.206. The van der Waals surface area contributed by atoms with Crippen LogP contribution in [-0.2, 0) is 10.3 Å². The van der Waals surface area contributed by atoms with Crippen molar-refractivity contribution in [1.29, 1.82) is 0 Å². The SMILES string of the molecule is c1ccc(C2(N3CCCC3)COC2)cc1. The van der Waals surface area contributed by atoms with E-state index in [-0.39, 0.29) is 5.54 Å². The molecule has 3 rings (SSSR count). The zero-order valence-electron chi connectivity index (χ0n) is 8.98. The highest BCUT2D eigenvalue weighted by molar-refractivity contribution is 5.27. The van der Waals surface area contributed by atoms with Crippen LogP contribution in [0.3, 0.4) is 0 Å². The van der Waals surface area contributed by atoms with Gasteiger partial charge in [0.05, 0.1) is 18.8 Å². The van der Waals surface area contributed by atoms with E-state index >= 15 is 0 Å². The molecule has 0 bridgehead atoms. The van der Waals surface area contributed by atoms with Crippen molar-refractivity contribution in [3.05, 3.63) is 35.9 Å². The average Bonchev–Trinajstić information content (AvgIpc) is 2.72. The number of hydrogen-bond acceptors (Lipinski definition) is 2. The first-order chi connectivity index (χ1) is 7.42. The van der Waals surface area contributed by atoms with E-state index in [1.54, 1.807) is 0 Å². The quantitative estimate of drug-likeness (QED) is 0.729. The summed E-state index contributed by atoms with van der Waals surface area (Å²) in [5, 5.41) is 0. The topological polar surface area (TPSA) is 12.5 Å². The first kappa shape index (κ1) is 9.37. The summed E-state index contributed by atoms with van der Waals surface area (Å²) in [6.45, 7) is 4.21. The molecule has 1 aromatic carbocycles. The van der Waals surface area contributed by atoms with Crippen LogP contribution in [0.15, 0.2) is 30.3 Å². The van der Waals surface area contributed by atoms with Gasteiger partial charge >= 0.3 is 0 Å². The minimum Gasteiger partial charge on any atom is -0.377 e. The predicted octanol–water partition coefficient (Wildman–Crippen LogP) is 2.01. The third-order valence-electron chi connectivity index (χ3n) is 3.70. The molecule has 0 spiro atoms. The Kier molecular flexibility index (Phi) is 2.26. The number of nitrogens with zero attached hydrogens (tertiary/aromatic N) is 1. The van der Waals surface area contributed by atoms with Gasteiger partial charge in [-0.2, -0.15) is 0 Å². The van der Waals surface area contributed by atoms with Gasteiger partial charge in [-0.3, -0.25) is 4.90 Å². The maximum atomic E-state index is 5.46. The van der Waals surface area contributed by atoms with Gasteiger partial charge in [-0.05, 0) is 31.5 Å². The molecule has 2 fully saturated rings. The van der Waals surface area contributed by atoms with Crippen molar-refractivity contribution >= 4 is 0 Å². The molecule has 0 aliphatic carbocycles. The first-order valence-electron chi connectivity index (χ1n) is 5.80. The van der Waals surface area contributed by atoms with E-state index in [0.717, 1.165) is 13.2 Å². The number of ether oxygens (including phenoxy) is 1. The Labute approximate surface area is 90.8 Å². The maximum absolute atomic E-state index is 5.46. The Hall–Kier alpha value is -0.860. The average molecular weight is 203 g/mol. The van der Waals surface area contributed by atoms with E-state index in [0.29, 0.717) is 0 Å². The van der Waals surface area contributed by atoms with Gasteiger partial charge in [0.15, 0.2) is 0 Å². The van der Waals surface area contributed by atoms with Crippen LogP contribution >= 0.6 is 0 Å². The van der Waals surface area contributed by atoms with Crippen LogP contribution in [0.1, 0.15) is 18.4 Å². The highest BCUT2D eigenvalue weighted by Gasteiger charge is 2.46. The second-order valence-corrected chi connectivity index (χ2v) is 4.58. The molecule has 0 atom stereocenters. The molecular weight excluding hydrogens is 186 g/mol. The van der Waals surface area contributed by atoms with Crippen LogP contribution in [0.5, 0.6) is 0 Å². The molecule has 2 aliphatic rings. The molecule has 2 aliphatic heterocycles. The number of hydrogen-bond donors (Lipinski definition) is 0. The summed E-state index contributed by atoms with van der Waals surface area (Å²) >= 11 is 0. The van der Waals surface area contributed by atoms with Gasteiger partial charge in [0, 0.05) is 0 Å². The van der Waals surface area contributed by atoms with Gasteiger partial charge in [-0.25, -0.2) is 0 Å². The van der Waals surface area contributed by atoms with Crippen molar-refractivity contribution in [1.82, 2.24) is 4.90 Å². The summed E-state index contributed by atoms with van der Waals surface area (Å²) < 4.78 is 5.46. The van der Waals surface area contributed by atoms with Gasteiger partial charge in [0.2, 0.25) is 0 Å². The van der Waals surface area contributed by atoms with Gasteiger partial charge < -0.3 is 4.74 Å². The van der Waals surface area contributed by atoms with Crippen LogP contribution in [0.4, 0.5) is 0 Å². The smallest absolute Gasteiger partial charge is 0.0933 e. The minimum absolute atomic E-state index is 0.206. The number of likely N-dealkylation sites (tertiary alicyclic amines) is 1. The lowest BCUT2D eigenvalue weighted by Crippen LogP contribution is -2.58. The Morgan fingerprint density at radius 3 is 2.20 bits per heavy atom. The first-order valence-corrected chi connectivity index (χ1v) is 5.80. The van der Waals surface area contributed by atoms with Gasteiger partial charge in [-0.15, -0.1) is 0 Å². The van der Waals surface area contributed by atoms with Crippen molar-refractivity contribution in [3.8, 4) is 0 Å². The van der Waals surface area contributed by atoms with Crippen LogP contribution in [0, 0.1) is 0 Å². The Balaban J connectivity index is 1.92. The van der Waals surface area contributed by atoms with E-state index < -0.39 is 0 Å². The lowest BCUT2D eigenvalue weighted by Gasteiger charge is -2.48. The Morgan fingerprint density at radius 1 is 1.00 bits per heavy atom. The zero-order chi connectivity index (χ0) is 10.1. The van der Waals surface area contributed by atoms with Crippen LogP contribution < -0.4 is 0 Å². The van der Waals surface area contributed by atoms with E-state index in [4.69, 9.17) is 4.74 Å². The van der Waals surface area contributed by atoms with E-state index in [9.17, 15) is 0 Å². The number of benzene rings is 1. The molecule has 2 nitrogen and oxygen atoms in total. The standard InChI is InChI=1S/C13H17NO/c1-2-6-12(7-3-1)13(10-15-11-13)14-8-4-5-9-14/h1-3,6-7H,4-5,8-11H2. The summed E-state index contributed by atoms with van der Waals surface area (Å²) in [6, 6.07) is 10.8.